The van der Waals surface area contributed by atoms with Crippen molar-refractivity contribution in [2.24, 2.45) is 5.10 Å². The molecule has 1 N–H and O–H groups in total. The number of fused-ring (bicyclic) bond motifs is 2. The van der Waals surface area contributed by atoms with Crippen LogP contribution in [0.4, 0.5) is 5.69 Å². The van der Waals surface area contributed by atoms with E-state index >= 15 is 0 Å². The number of halogens is 1. The summed E-state index contributed by atoms with van der Waals surface area (Å²) in [5.41, 5.74) is 2.25. The standard InChI is InChI=1S/C22H21ClN4O4S/c1-13-5-4-6-18-19(13)26(11-12-31-17-9-7-16(23)8-10-17)20(30)22(18)27(15(3)29)25-21(32-22)24-14(2)28/h4-10H,11-12H2,1-3H3,(H,24,25,28). The highest BCUT2D eigenvalue weighted by molar-refractivity contribution is 8.15. The minimum atomic E-state index is -1.41. The second-order valence-electron chi connectivity index (χ2n) is 7.39. The van der Waals surface area contributed by atoms with Crippen molar-refractivity contribution in [1.82, 2.24) is 10.3 Å². The zero-order chi connectivity index (χ0) is 23.0. The molecule has 4 rings (SSSR count). The summed E-state index contributed by atoms with van der Waals surface area (Å²) in [7, 11) is 0. The average molecular weight is 473 g/mol. The largest absolute Gasteiger partial charge is 0.492 e. The van der Waals surface area contributed by atoms with Crippen molar-refractivity contribution in [3.8, 4) is 5.75 Å². The lowest BCUT2D eigenvalue weighted by Gasteiger charge is -2.29. The van der Waals surface area contributed by atoms with Crippen molar-refractivity contribution in [3.63, 3.8) is 0 Å². The number of para-hydroxylation sites is 1. The number of hydrazone groups is 1. The zero-order valence-corrected chi connectivity index (χ0v) is 19.3. The average Bonchev–Trinajstić information content (AvgIpc) is 3.22. The second kappa shape index (κ2) is 8.48. The fourth-order valence-electron chi connectivity index (χ4n) is 3.85. The van der Waals surface area contributed by atoms with Gasteiger partial charge in [0, 0.05) is 24.4 Å². The maximum Gasteiger partial charge on any atom is 0.270 e. The smallest absolute Gasteiger partial charge is 0.270 e. The zero-order valence-electron chi connectivity index (χ0n) is 17.7. The van der Waals surface area contributed by atoms with E-state index in [1.807, 2.05) is 25.1 Å². The summed E-state index contributed by atoms with van der Waals surface area (Å²) in [4.78, 5) is 38.1. The van der Waals surface area contributed by atoms with Crippen LogP contribution in [0.2, 0.25) is 5.02 Å². The van der Waals surface area contributed by atoms with E-state index in [4.69, 9.17) is 16.3 Å². The highest BCUT2D eigenvalue weighted by Gasteiger charge is 2.61. The van der Waals surface area contributed by atoms with Crippen molar-refractivity contribution < 1.29 is 19.1 Å². The van der Waals surface area contributed by atoms with Crippen LogP contribution in [0.1, 0.15) is 25.0 Å². The summed E-state index contributed by atoms with van der Waals surface area (Å²) < 4.78 is 5.80. The van der Waals surface area contributed by atoms with Gasteiger partial charge in [-0.25, -0.2) is 0 Å². The SMILES string of the molecule is CC(=O)NC1=NN(C(C)=O)C2(S1)C(=O)N(CCOc1ccc(Cl)cc1)c1c(C)cccc12. The van der Waals surface area contributed by atoms with Crippen molar-refractivity contribution in [1.29, 1.82) is 0 Å². The lowest BCUT2D eigenvalue weighted by atomic mass is 10.0. The molecule has 0 fully saturated rings. The van der Waals surface area contributed by atoms with Crippen LogP contribution in [0.3, 0.4) is 0 Å². The van der Waals surface area contributed by atoms with E-state index in [0.29, 0.717) is 16.3 Å². The number of amidine groups is 1. The highest BCUT2D eigenvalue weighted by Crippen LogP contribution is 2.55. The first-order valence-electron chi connectivity index (χ1n) is 9.90. The van der Waals surface area contributed by atoms with E-state index in [-0.39, 0.29) is 30.1 Å². The third kappa shape index (κ3) is 3.71. The Bertz CT molecular complexity index is 1140. The van der Waals surface area contributed by atoms with Crippen LogP contribution in [0, 0.1) is 6.92 Å². The van der Waals surface area contributed by atoms with Crippen molar-refractivity contribution in [2.45, 2.75) is 25.6 Å². The molecule has 2 aliphatic rings. The lowest BCUT2D eigenvalue weighted by molar-refractivity contribution is -0.139. The molecule has 0 saturated heterocycles. The van der Waals surface area contributed by atoms with Gasteiger partial charge in [0.25, 0.3) is 5.91 Å². The van der Waals surface area contributed by atoms with Gasteiger partial charge in [0.05, 0.1) is 12.2 Å². The number of nitrogens with one attached hydrogen (secondary N) is 1. The molecule has 0 aromatic heterocycles. The number of benzene rings is 2. The van der Waals surface area contributed by atoms with Gasteiger partial charge in [0.2, 0.25) is 16.7 Å². The van der Waals surface area contributed by atoms with Gasteiger partial charge in [-0.05, 0) is 48.5 Å². The number of aryl methyl sites for hydroxylation is 1. The first kappa shape index (κ1) is 22.2. The van der Waals surface area contributed by atoms with Gasteiger partial charge in [0.1, 0.15) is 12.4 Å². The van der Waals surface area contributed by atoms with Crippen LogP contribution >= 0.6 is 23.4 Å². The Labute approximate surface area is 194 Å². The quantitative estimate of drug-likeness (QED) is 0.737. The Kier molecular flexibility index (Phi) is 5.87. The van der Waals surface area contributed by atoms with Crippen molar-refractivity contribution in [3.05, 3.63) is 58.6 Å². The molecule has 0 bridgehead atoms. The summed E-state index contributed by atoms with van der Waals surface area (Å²) >= 11 is 6.97. The van der Waals surface area contributed by atoms with Crippen LogP contribution in [0.5, 0.6) is 5.75 Å². The van der Waals surface area contributed by atoms with Gasteiger partial charge in [-0.1, -0.05) is 29.8 Å². The molecule has 8 nitrogen and oxygen atoms in total. The molecule has 2 aromatic rings. The maximum atomic E-state index is 13.8. The number of hydrogen-bond donors (Lipinski definition) is 1. The Morgan fingerprint density at radius 2 is 1.91 bits per heavy atom. The molecule has 166 valence electrons. The molecule has 1 unspecified atom stereocenters. The lowest BCUT2D eigenvalue weighted by Crippen LogP contribution is -2.49. The minimum Gasteiger partial charge on any atom is -0.492 e. The number of amides is 3. The number of rotatable bonds is 4. The molecular formula is C22H21ClN4O4S. The van der Waals surface area contributed by atoms with E-state index in [9.17, 15) is 14.4 Å². The number of thioether (sulfide) groups is 1. The number of carbonyl (C=O) groups is 3. The number of ether oxygens (including phenoxy) is 1. The molecule has 1 spiro atoms. The Morgan fingerprint density at radius 1 is 1.19 bits per heavy atom. The summed E-state index contributed by atoms with van der Waals surface area (Å²) in [6.07, 6.45) is 0. The first-order valence-corrected chi connectivity index (χ1v) is 11.1. The molecule has 32 heavy (non-hydrogen) atoms. The molecule has 0 radical (unpaired) electrons. The van der Waals surface area contributed by atoms with Crippen molar-refractivity contribution in [2.75, 3.05) is 18.1 Å². The summed E-state index contributed by atoms with van der Waals surface area (Å²) in [6.45, 7) is 5.11. The topological polar surface area (TPSA) is 91.3 Å². The molecule has 3 amide bonds. The third-order valence-electron chi connectivity index (χ3n) is 5.12. The van der Waals surface area contributed by atoms with Gasteiger partial charge >= 0.3 is 0 Å². The predicted molar refractivity (Wildman–Crippen MR) is 124 cm³/mol. The number of nitrogens with zero attached hydrogens (tertiary/aromatic N) is 3. The van der Waals surface area contributed by atoms with E-state index in [1.54, 1.807) is 29.2 Å². The first-order chi connectivity index (χ1) is 15.2. The normalized spacial score (nSPS) is 19.2. The Hall–Kier alpha value is -3.04. The number of hydrogen-bond acceptors (Lipinski definition) is 6. The molecule has 2 aromatic carbocycles. The monoisotopic (exact) mass is 472 g/mol. The third-order valence-corrected chi connectivity index (χ3v) is 6.61. The summed E-state index contributed by atoms with van der Waals surface area (Å²) in [5.74, 6) is -0.415. The van der Waals surface area contributed by atoms with Gasteiger partial charge < -0.3 is 15.0 Å². The molecule has 2 aliphatic heterocycles. The number of carbonyl (C=O) groups excluding carboxylic acids is 3. The number of anilines is 1. The van der Waals surface area contributed by atoms with Gasteiger partial charge in [-0.15, -0.1) is 5.10 Å². The summed E-state index contributed by atoms with van der Waals surface area (Å²) in [5, 5.41) is 8.82. The highest BCUT2D eigenvalue weighted by atomic mass is 35.5. The van der Waals surface area contributed by atoms with Crippen LogP contribution in [-0.4, -0.2) is 41.0 Å². The Morgan fingerprint density at radius 3 is 2.56 bits per heavy atom. The van der Waals surface area contributed by atoms with E-state index in [2.05, 4.69) is 10.4 Å². The maximum absolute atomic E-state index is 13.8. The van der Waals surface area contributed by atoms with Crippen LogP contribution < -0.4 is 15.0 Å². The van der Waals surface area contributed by atoms with E-state index in [1.165, 1.54) is 13.8 Å². The van der Waals surface area contributed by atoms with Gasteiger partial charge in [-0.3, -0.25) is 14.4 Å². The van der Waals surface area contributed by atoms with Crippen LogP contribution in [0.15, 0.2) is 47.6 Å². The van der Waals surface area contributed by atoms with Crippen molar-refractivity contribution >= 4 is 51.9 Å². The second-order valence-corrected chi connectivity index (χ2v) is 9.01. The molecule has 10 heteroatoms. The molecule has 0 saturated carbocycles. The minimum absolute atomic E-state index is 0.202. The molecule has 0 aliphatic carbocycles. The molecular weight excluding hydrogens is 452 g/mol. The van der Waals surface area contributed by atoms with Crippen LogP contribution in [-0.2, 0) is 19.3 Å². The summed E-state index contributed by atoms with van der Waals surface area (Å²) in [6, 6.07) is 12.5. The fraction of sp³-hybridized carbons (Fsp3) is 0.273. The molecule has 2 heterocycles. The van der Waals surface area contributed by atoms with E-state index in [0.717, 1.165) is 28.0 Å². The van der Waals surface area contributed by atoms with Crippen LogP contribution in [0.25, 0.3) is 0 Å². The fourth-order valence-corrected chi connectivity index (χ4v) is 5.30. The van der Waals surface area contributed by atoms with E-state index < -0.39 is 10.8 Å². The van der Waals surface area contributed by atoms with Gasteiger partial charge in [0.15, 0.2) is 5.17 Å². The molecule has 1 atom stereocenters. The van der Waals surface area contributed by atoms with Gasteiger partial charge in [-0.2, -0.15) is 5.01 Å². The Balaban J connectivity index is 1.66. The predicted octanol–water partition coefficient (Wildman–Crippen LogP) is 3.23.